The predicted molar refractivity (Wildman–Crippen MR) is 54.1 cm³/mol. The maximum Gasteiger partial charge on any atom is 0.339 e. The summed E-state index contributed by atoms with van der Waals surface area (Å²) in [6.07, 6.45) is 5.16. The van der Waals surface area contributed by atoms with Gasteiger partial charge in [-0.2, -0.15) is 0 Å². The van der Waals surface area contributed by atoms with Gasteiger partial charge in [-0.3, -0.25) is 0 Å². The topological polar surface area (TPSA) is 54.6 Å². The first-order valence-corrected chi connectivity index (χ1v) is 3.85. The highest BCUT2D eigenvalue weighted by atomic mass is 35.5. The van der Waals surface area contributed by atoms with Crippen LogP contribution in [0.3, 0.4) is 0 Å². The van der Waals surface area contributed by atoms with Gasteiger partial charge in [-0.25, -0.2) is 9.78 Å². The molecular formula is C9H9ClN2O2. The first-order valence-electron chi connectivity index (χ1n) is 3.85. The molecule has 0 saturated heterocycles. The zero-order valence-electron chi connectivity index (χ0n) is 7.47. The largest absolute Gasteiger partial charge is 0.478 e. The number of carboxylic acids is 1. The van der Waals surface area contributed by atoms with E-state index >= 15 is 0 Å². The van der Waals surface area contributed by atoms with Crippen molar-refractivity contribution in [1.82, 2.24) is 9.38 Å². The molecule has 5 heteroatoms. The van der Waals surface area contributed by atoms with Crippen molar-refractivity contribution in [2.24, 2.45) is 0 Å². The molecule has 2 aromatic rings. The van der Waals surface area contributed by atoms with Crippen LogP contribution in [0.2, 0.25) is 0 Å². The molecule has 0 bridgehead atoms. The number of carboxylic acid groups (broad SMARTS) is 1. The number of fused-ring (bicyclic) bond motifs is 1. The van der Waals surface area contributed by atoms with Crippen LogP contribution in [0.5, 0.6) is 0 Å². The molecular weight excluding hydrogens is 204 g/mol. The van der Waals surface area contributed by atoms with E-state index in [4.69, 9.17) is 5.11 Å². The lowest BCUT2D eigenvalue weighted by molar-refractivity contribution is 0.0698. The normalized spacial score (nSPS) is 9.79. The van der Waals surface area contributed by atoms with E-state index in [-0.39, 0.29) is 18.0 Å². The summed E-state index contributed by atoms with van der Waals surface area (Å²) in [5, 5.41) is 8.87. The highest BCUT2D eigenvalue weighted by Crippen LogP contribution is 2.11. The van der Waals surface area contributed by atoms with Crippen molar-refractivity contribution in [3.05, 3.63) is 35.8 Å². The molecule has 0 radical (unpaired) electrons. The Balaban J connectivity index is 0.000000980. The molecule has 14 heavy (non-hydrogen) atoms. The van der Waals surface area contributed by atoms with Crippen LogP contribution in [0.1, 0.15) is 15.9 Å². The first-order chi connectivity index (χ1) is 6.18. The third-order valence-corrected chi connectivity index (χ3v) is 1.85. The lowest BCUT2D eigenvalue weighted by Crippen LogP contribution is -2.01. The van der Waals surface area contributed by atoms with E-state index in [1.165, 1.54) is 0 Å². The third kappa shape index (κ3) is 1.56. The minimum Gasteiger partial charge on any atom is -0.478 e. The van der Waals surface area contributed by atoms with Crippen molar-refractivity contribution in [2.75, 3.05) is 0 Å². The molecule has 2 rings (SSSR count). The Bertz CT molecular complexity index is 479. The fourth-order valence-corrected chi connectivity index (χ4v) is 1.33. The van der Waals surface area contributed by atoms with Gasteiger partial charge in [0.05, 0.1) is 0 Å². The van der Waals surface area contributed by atoms with Crippen molar-refractivity contribution in [3.63, 3.8) is 0 Å². The molecule has 0 unspecified atom stereocenters. The van der Waals surface area contributed by atoms with Crippen LogP contribution in [-0.2, 0) is 0 Å². The number of halogens is 1. The van der Waals surface area contributed by atoms with Crippen LogP contribution < -0.4 is 0 Å². The first kappa shape index (κ1) is 10.5. The smallest absolute Gasteiger partial charge is 0.339 e. The lowest BCUT2D eigenvalue weighted by Gasteiger charge is -2.00. The number of hydrogen-bond acceptors (Lipinski definition) is 2. The predicted octanol–water partition coefficient (Wildman–Crippen LogP) is 1.76. The van der Waals surface area contributed by atoms with Gasteiger partial charge in [-0.1, -0.05) is 0 Å². The van der Waals surface area contributed by atoms with Crippen molar-refractivity contribution in [2.45, 2.75) is 6.92 Å². The van der Waals surface area contributed by atoms with Gasteiger partial charge in [0.25, 0.3) is 0 Å². The molecule has 2 heterocycles. The average Bonchev–Trinajstić information content (AvgIpc) is 2.49. The summed E-state index contributed by atoms with van der Waals surface area (Å²) in [7, 11) is 0. The number of carbonyl (C=O) groups is 1. The number of nitrogens with zero attached hydrogens (tertiary/aromatic N) is 2. The van der Waals surface area contributed by atoms with Gasteiger partial charge in [0, 0.05) is 18.6 Å². The van der Waals surface area contributed by atoms with Gasteiger partial charge in [-0.05, 0) is 18.6 Å². The highest BCUT2D eigenvalue weighted by Gasteiger charge is 2.09. The molecule has 0 aliphatic heterocycles. The number of aryl methyl sites for hydroxylation is 1. The molecule has 0 aromatic carbocycles. The molecule has 0 fully saturated rings. The average molecular weight is 213 g/mol. The number of pyridine rings is 1. The quantitative estimate of drug-likeness (QED) is 0.784. The van der Waals surface area contributed by atoms with Crippen LogP contribution in [-0.4, -0.2) is 20.5 Å². The number of rotatable bonds is 1. The van der Waals surface area contributed by atoms with Gasteiger partial charge in [0.15, 0.2) is 5.65 Å². The Kier molecular flexibility index (Phi) is 2.76. The Morgan fingerprint density at radius 2 is 2.29 bits per heavy atom. The number of imidazole rings is 1. The second-order valence-electron chi connectivity index (χ2n) is 2.89. The second-order valence-corrected chi connectivity index (χ2v) is 2.89. The van der Waals surface area contributed by atoms with Crippen molar-refractivity contribution < 1.29 is 9.90 Å². The monoisotopic (exact) mass is 212 g/mol. The molecule has 0 saturated carbocycles. The summed E-state index contributed by atoms with van der Waals surface area (Å²) in [4.78, 5) is 14.8. The van der Waals surface area contributed by atoms with E-state index in [2.05, 4.69) is 4.98 Å². The molecule has 1 N–H and O–H groups in total. The van der Waals surface area contributed by atoms with Crippen LogP contribution in [0.25, 0.3) is 5.65 Å². The maximum absolute atomic E-state index is 10.8. The molecule has 0 aliphatic rings. The minimum absolute atomic E-state index is 0. The SMILES string of the molecule is Cc1cc(C(=O)O)c2nccn2c1.Cl. The van der Waals surface area contributed by atoms with E-state index < -0.39 is 5.97 Å². The number of aromatic carboxylic acids is 1. The summed E-state index contributed by atoms with van der Waals surface area (Å²) in [6, 6.07) is 1.62. The molecule has 4 nitrogen and oxygen atoms in total. The van der Waals surface area contributed by atoms with Crippen LogP contribution in [0, 0.1) is 6.92 Å². The Hall–Kier alpha value is -1.55. The summed E-state index contributed by atoms with van der Waals surface area (Å²) in [5.74, 6) is -0.945. The number of aromatic nitrogens is 2. The molecule has 2 aromatic heterocycles. The molecule has 0 spiro atoms. The zero-order valence-corrected chi connectivity index (χ0v) is 8.28. The molecule has 0 aliphatic carbocycles. The van der Waals surface area contributed by atoms with Crippen molar-refractivity contribution >= 4 is 24.0 Å². The van der Waals surface area contributed by atoms with E-state index in [9.17, 15) is 4.79 Å². The zero-order chi connectivity index (χ0) is 9.42. The van der Waals surface area contributed by atoms with Gasteiger partial charge < -0.3 is 9.51 Å². The van der Waals surface area contributed by atoms with Crippen molar-refractivity contribution in [3.8, 4) is 0 Å². The molecule has 74 valence electrons. The third-order valence-electron chi connectivity index (χ3n) is 1.85. The van der Waals surface area contributed by atoms with E-state index in [0.29, 0.717) is 5.65 Å². The Labute approximate surface area is 86.6 Å². The van der Waals surface area contributed by atoms with Crippen LogP contribution in [0.15, 0.2) is 24.7 Å². The summed E-state index contributed by atoms with van der Waals surface area (Å²) < 4.78 is 1.71. The van der Waals surface area contributed by atoms with E-state index in [1.807, 2.05) is 13.1 Å². The van der Waals surface area contributed by atoms with Gasteiger partial charge >= 0.3 is 5.97 Å². The van der Waals surface area contributed by atoms with Crippen LogP contribution in [0.4, 0.5) is 0 Å². The fourth-order valence-electron chi connectivity index (χ4n) is 1.33. The lowest BCUT2D eigenvalue weighted by atomic mass is 10.2. The maximum atomic E-state index is 10.8. The van der Waals surface area contributed by atoms with Gasteiger partial charge in [0.1, 0.15) is 5.56 Å². The Morgan fingerprint density at radius 3 is 2.93 bits per heavy atom. The number of hydrogen-bond donors (Lipinski definition) is 1. The highest BCUT2D eigenvalue weighted by molar-refractivity contribution is 5.94. The fraction of sp³-hybridized carbons (Fsp3) is 0.111. The summed E-state index contributed by atoms with van der Waals surface area (Å²) in [5.41, 5.74) is 1.63. The minimum atomic E-state index is -0.945. The van der Waals surface area contributed by atoms with E-state index in [0.717, 1.165) is 5.56 Å². The van der Waals surface area contributed by atoms with E-state index in [1.54, 1.807) is 22.9 Å². The summed E-state index contributed by atoms with van der Waals surface area (Å²) >= 11 is 0. The summed E-state index contributed by atoms with van der Waals surface area (Å²) in [6.45, 7) is 1.85. The molecule has 0 amide bonds. The van der Waals surface area contributed by atoms with Gasteiger partial charge in [0.2, 0.25) is 0 Å². The van der Waals surface area contributed by atoms with Crippen molar-refractivity contribution in [1.29, 1.82) is 0 Å². The van der Waals surface area contributed by atoms with Crippen LogP contribution >= 0.6 is 12.4 Å². The second kappa shape index (κ2) is 3.67. The standard InChI is InChI=1S/C9H8N2O2.ClH/c1-6-4-7(9(12)13)8-10-2-3-11(8)5-6;/h2-5H,1H3,(H,12,13);1H. The Morgan fingerprint density at radius 1 is 1.57 bits per heavy atom. The molecule has 0 atom stereocenters. The van der Waals surface area contributed by atoms with Gasteiger partial charge in [-0.15, -0.1) is 12.4 Å².